The van der Waals surface area contributed by atoms with Crippen molar-refractivity contribution in [2.75, 3.05) is 5.32 Å². The minimum absolute atomic E-state index is 0.426. The molecule has 0 saturated heterocycles. The molecule has 1 aliphatic carbocycles. The summed E-state index contributed by atoms with van der Waals surface area (Å²) in [7, 11) is 0. The van der Waals surface area contributed by atoms with Crippen molar-refractivity contribution in [1.82, 2.24) is 4.98 Å². The normalized spacial score (nSPS) is 25.7. The number of nitrogens with zero attached hydrogens (tertiary/aromatic N) is 1. The molecule has 2 atom stereocenters. The van der Waals surface area contributed by atoms with Gasteiger partial charge in [0.1, 0.15) is 5.54 Å². The topological polar surface area (TPSA) is 62.2 Å². The lowest BCUT2D eigenvalue weighted by Gasteiger charge is -2.38. The number of aliphatic carboxylic acids is 1. The molecule has 1 aromatic carbocycles. The highest BCUT2D eigenvalue weighted by Gasteiger charge is 2.42. The van der Waals surface area contributed by atoms with Crippen molar-refractivity contribution in [3.05, 3.63) is 36.5 Å². The lowest BCUT2D eigenvalue weighted by Crippen LogP contribution is -2.49. The molecule has 2 aromatic rings. The van der Waals surface area contributed by atoms with Crippen molar-refractivity contribution in [2.45, 2.75) is 38.1 Å². The minimum atomic E-state index is -0.859. The van der Waals surface area contributed by atoms with Crippen LogP contribution < -0.4 is 5.32 Å². The number of aromatic nitrogens is 1. The van der Waals surface area contributed by atoms with Gasteiger partial charge in [-0.05, 0) is 30.9 Å². The second kappa shape index (κ2) is 5.35. The van der Waals surface area contributed by atoms with Gasteiger partial charge in [-0.1, -0.05) is 38.0 Å². The Morgan fingerprint density at radius 1 is 1.38 bits per heavy atom. The quantitative estimate of drug-likeness (QED) is 0.902. The summed E-state index contributed by atoms with van der Waals surface area (Å²) in [6.45, 7) is 2.13. The predicted molar refractivity (Wildman–Crippen MR) is 83.4 cm³/mol. The number of hydrogen-bond acceptors (Lipinski definition) is 3. The first-order valence-electron chi connectivity index (χ1n) is 7.46. The van der Waals surface area contributed by atoms with Gasteiger partial charge in [0.25, 0.3) is 0 Å². The van der Waals surface area contributed by atoms with Gasteiger partial charge >= 0.3 is 5.97 Å². The molecule has 4 nitrogen and oxygen atoms in total. The zero-order valence-corrected chi connectivity index (χ0v) is 12.2. The largest absolute Gasteiger partial charge is 0.480 e. The van der Waals surface area contributed by atoms with Gasteiger partial charge in [-0.2, -0.15) is 0 Å². The molecule has 3 rings (SSSR count). The van der Waals surface area contributed by atoms with Crippen LogP contribution in [0.4, 0.5) is 5.69 Å². The molecule has 0 aliphatic heterocycles. The van der Waals surface area contributed by atoms with Crippen molar-refractivity contribution in [1.29, 1.82) is 0 Å². The number of benzene rings is 1. The average Bonchev–Trinajstić information content (AvgIpc) is 2.47. The monoisotopic (exact) mass is 284 g/mol. The standard InChI is InChI=1S/C17H20N2O2/c1-12-5-4-9-17(11-12,16(20)21)19-15-8-10-18-14-7-3-2-6-13(14)15/h2-3,6-8,10,12H,4-5,9,11H2,1H3,(H,18,19)(H,20,21). The molecule has 1 heterocycles. The molecule has 110 valence electrons. The van der Waals surface area contributed by atoms with Crippen LogP contribution in [0.25, 0.3) is 10.9 Å². The van der Waals surface area contributed by atoms with Crippen LogP contribution >= 0.6 is 0 Å². The Labute approximate surface area is 124 Å². The average molecular weight is 284 g/mol. The van der Waals surface area contributed by atoms with Gasteiger partial charge in [0.05, 0.1) is 5.52 Å². The van der Waals surface area contributed by atoms with Crippen molar-refractivity contribution in [3.8, 4) is 0 Å². The molecule has 4 heteroatoms. The highest BCUT2D eigenvalue weighted by Crippen LogP contribution is 2.36. The number of carbonyl (C=O) groups is 1. The third-order valence-electron chi connectivity index (χ3n) is 4.43. The number of pyridine rings is 1. The lowest BCUT2D eigenvalue weighted by atomic mass is 9.76. The number of anilines is 1. The Balaban J connectivity index is 2.00. The molecule has 0 spiro atoms. The molecule has 1 aliphatic rings. The fourth-order valence-corrected chi connectivity index (χ4v) is 3.38. The molecule has 1 aromatic heterocycles. The first-order valence-corrected chi connectivity index (χ1v) is 7.46. The maximum atomic E-state index is 11.9. The van der Waals surface area contributed by atoms with Gasteiger partial charge in [-0.3, -0.25) is 4.98 Å². The van der Waals surface area contributed by atoms with E-state index in [4.69, 9.17) is 0 Å². The summed E-state index contributed by atoms with van der Waals surface area (Å²) in [5, 5.41) is 14.1. The fraction of sp³-hybridized carbons (Fsp3) is 0.412. The number of fused-ring (bicyclic) bond motifs is 1. The molecular weight excluding hydrogens is 264 g/mol. The van der Waals surface area contributed by atoms with E-state index in [2.05, 4.69) is 17.2 Å². The Kier molecular flexibility index (Phi) is 3.53. The molecule has 21 heavy (non-hydrogen) atoms. The molecule has 0 bridgehead atoms. The smallest absolute Gasteiger partial charge is 0.329 e. The Hall–Kier alpha value is -2.10. The van der Waals surface area contributed by atoms with Crippen molar-refractivity contribution in [3.63, 3.8) is 0 Å². The number of nitrogens with one attached hydrogen (secondary N) is 1. The number of carboxylic acids is 1. The number of para-hydroxylation sites is 1. The van der Waals surface area contributed by atoms with Gasteiger partial charge in [-0.25, -0.2) is 4.79 Å². The number of rotatable bonds is 3. The van der Waals surface area contributed by atoms with Gasteiger partial charge in [0, 0.05) is 17.3 Å². The van der Waals surface area contributed by atoms with E-state index in [-0.39, 0.29) is 0 Å². The summed E-state index contributed by atoms with van der Waals surface area (Å²) in [5.74, 6) is -0.328. The molecule has 1 fully saturated rings. The van der Waals surface area contributed by atoms with E-state index < -0.39 is 11.5 Å². The summed E-state index contributed by atoms with van der Waals surface area (Å²) in [6, 6.07) is 9.68. The van der Waals surface area contributed by atoms with E-state index >= 15 is 0 Å². The van der Waals surface area contributed by atoms with Gasteiger partial charge in [-0.15, -0.1) is 0 Å². The zero-order valence-electron chi connectivity index (χ0n) is 12.2. The first kappa shape index (κ1) is 13.9. The van der Waals surface area contributed by atoms with E-state index in [9.17, 15) is 9.90 Å². The number of carboxylic acid groups (broad SMARTS) is 1. The first-order chi connectivity index (χ1) is 10.1. The van der Waals surface area contributed by atoms with Crippen LogP contribution in [0.1, 0.15) is 32.6 Å². The van der Waals surface area contributed by atoms with Crippen LogP contribution in [-0.4, -0.2) is 21.6 Å². The molecule has 0 amide bonds. The van der Waals surface area contributed by atoms with Crippen molar-refractivity contribution >= 4 is 22.6 Å². The van der Waals surface area contributed by atoms with Crippen molar-refractivity contribution < 1.29 is 9.90 Å². The number of hydrogen-bond donors (Lipinski definition) is 2. The summed E-state index contributed by atoms with van der Waals surface area (Å²) in [6.07, 6.45) is 5.12. The van der Waals surface area contributed by atoms with Crippen LogP contribution in [0.3, 0.4) is 0 Å². The highest BCUT2D eigenvalue weighted by atomic mass is 16.4. The minimum Gasteiger partial charge on any atom is -0.480 e. The molecule has 2 unspecified atom stereocenters. The van der Waals surface area contributed by atoms with E-state index in [1.165, 1.54) is 0 Å². The third kappa shape index (κ3) is 2.58. The lowest BCUT2D eigenvalue weighted by molar-refractivity contribution is -0.144. The van der Waals surface area contributed by atoms with Crippen LogP contribution in [0, 0.1) is 5.92 Å². The third-order valence-corrected chi connectivity index (χ3v) is 4.43. The van der Waals surface area contributed by atoms with E-state index in [1.807, 2.05) is 30.3 Å². The molecule has 1 saturated carbocycles. The van der Waals surface area contributed by atoms with E-state index in [0.717, 1.165) is 29.4 Å². The maximum absolute atomic E-state index is 11.9. The van der Waals surface area contributed by atoms with Crippen LogP contribution in [0.2, 0.25) is 0 Å². The van der Waals surface area contributed by atoms with E-state index in [0.29, 0.717) is 18.8 Å². The second-order valence-electron chi connectivity index (χ2n) is 6.09. The van der Waals surface area contributed by atoms with Crippen molar-refractivity contribution in [2.24, 2.45) is 5.92 Å². The fourth-order valence-electron chi connectivity index (χ4n) is 3.38. The van der Waals surface area contributed by atoms with Crippen LogP contribution in [0.5, 0.6) is 0 Å². The summed E-state index contributed by atoms with van der Waals surface area (Å²) < 4.78 is 0. The SMILES string of the molecule is CC1CCCC(Nc2ccnc3ccccc23)(C(=O)O)C1. The summed E-state index contributed by atoms with van der Waals surface area (Å²) in [5.41, 5.74) is 0.880. The second-order valence-corrected chi connectivity index (χ2v) is 6.09. The summed E-state index contributed by atoms with van der Waals surface area (Å²) >= 11 is 0. The Bertz CT molecular complexity index is 665. The molecule has 0 radical (unpaired) electrons. The molecular formula is C17H20N2O2. The van der Waals surface area contributed by atoms with Crippen LogP contribution in [0.15, 0.2) is 36.5 Å². The Morgan fingerprint density at radius 3 is 2.95 bits per heavy atom. The van der Waals surface area contributed by atoms with Gasteiger partial charge < -0.3 is 10.4 Å². The van der Waals surface area contributed by atoms with Gasteiger partial charge in [0.15, 0.2) is 0 Å². The van der Waals surface area contributed by atoms with Crippen LogP contribution in [-0.2, 0) is 4.79 Å². The molecule has 2 N–H and O–H groups in total. The zero-order chi connectivity index (χ0) is 14.9. The predicted octanol–water partition coefficient (Wildman–Crippen LogP) is 3.68. The van der Waals surface area contributed by atoms with E-state index in [1.54, 1.807) is 6.20 Å². The van der Waals surface area contributed by atoms with Gasteiger partial charge in [0.2, 0.25) is 0 Å². The maximum Gasteiger partial charge on any atom is 0.329 e. The Morgan fingerprint density at radius 2 is 2.19 bits per heavy atom. The summed E-state index contributed by atoms with van der Waals surface area (Å²) in [4.78, 5) is 16.2. The highest BCUT2D eigenvalue weighted by molar-refractivity contribution is 5.94.